The molecule has 0 aliphatic rings. The van der Waals surface area contributed by atoms with Gasteiger partial charge in [0.05, 0.1) is 17.3 Å². The normalized spacial score (nSPS) is 9.94. The first kappa shape index (κ1) is 14.5. The van der Waals surface area contributed by atoms with Gasteiger partial charge in [0.15, 0.2) is 0 Å². The van der Waals surface area contributed by atoms with Crippen LogP contribution in [0.25, 0.3) is 0 Å². The van der Waals surface area contributed by atoms with Gasteiger partial charge in [-0.2, -0.15) is 0 Å². The number of rotatable bonds is 6. The van der Waals surface area contributed by atoms with E-state index >= 15 is 0 Å². The minimum absolute atomic E-state index is 0.0704. The highest BCUT2D eigenvalue weighted by Crippen LogP contribution is 2.26. The minimum Gasteiger partial charge on any atom is -0.361 e. The first-order chi connectivity index (χ1) is 8.62. The van der Waals surface area contributed by atoms with Crippen molar-refractivity contribution in [2.24, 2.45) is 0 Å². The van der Waals surface area contributed by atoms with Crippen molar-refractivity contribution in [3.63, 3.8) is 0 Å². The molecule has 0 heterocycles. The van der Waals surface area contributed by atoms with Gasteiger partial charge in [-0.1, -0.05) is 18.5 Å². The van der Waals surface area contributed by atoms with Gasteiger partial charge in [0.25, 0.3) is 0 Å². The second kappa shape index (κ2) is 7.01. The highest BCUT2D eigenvalue weighted by molar-refractivity contribution is 6.33. The summed E-state index contributed by atoms with van der Waals surface area (Å²) < 4.78 is 0. The summed E-state index contributed by atoms with van der Waals surface area (Å²) in [6, 6.07) is 5.07. The summed E-state index contributed by atoms with van der Waals surface area (Å²) in [4.78, 5) is 24.0. The van der Waals surface area contributed by atoms with E-state index in [1.54, 1.807) is 25.2 Å². The zero-order valence-corrected chi connectivity index (χ0v) is 11.3. The number of nitrogens with zero attached hydrogens (tertiary/aromatic N) is 1. The summed E-state index contributed by atoms with van der Waals surface area (Å²) in [6.07, 6.45) is 1.65. The second-order valence-electron chi connectivity index (χ2n) is 3.92. The molecule has 0 spiro atoms. The maximum atomic E-state index is 11.5. The van der Waals surface area contributed by atoms with Crippen LogP contribution in [0, 0.1) is 0 Å². The molecule has 0 aliphatic heterocycles. The highest BCUT2D eigenvalue weighted by Gasteiger charge is 2.13. The van der Waals surface area contributed by atoms with Crippen LogP contribution in [0.15, 0.2) is 18.2 Å². The first-order valence-corrected chi connectivity index (χ1v) is 6.20. The van der Waals surface area contributed by atoms with Crippen LogP contribution in [0.3, 0.4) is 0 Å². The number of anilines is 1. The molecular weight excluding hydrogens is 252 g/mol. The molecule has 1 amide bonds. The van der Waals surface area contributed by atoms with Crippen molar-refractivity contribution in [3.05, 3.63) is 28.8 Å². The number of carbonyl (C=O) groups excluding carboxylic acids is 2. The summed E-state index contributed by atoms with van der Waals surface area (Å²) in [6.45, 7) is 3.02. The Morgan fingerprint density at radius 2 is 2.22 bits per heavy atom. The van der Waals surface area contributed by atoms with Gasteiger partial charge in [-0.15, -0.1) is 0 Å². The molecule has 0 aromatic heterocycles. The van der Waals surface area contributed by atoms with E-state index in [1.165, 1.54) is 0 Å². The molecule has 1 aromatic carbocycles. The Morgan fingerprint density at radius 3 is 2.72 bits per heavy atom. The molecule has 0 unspecified atom stereocenters. The predicted octanol–water partition coefficient (Wildman–Crippen LogP) is 2.11. The van der Waals surface area contributed by atoms with Crippen LogP contribution in [0.5, 0.6) is 0 Å². The molecule has 0 radical (unpaired) electrons. The molecule has 0 aliphatic carbocycles. The number of benzene rings is 1. The van der Waals surface area contributed by atoms with Crippen molar-refractivity contribution in [1.82, 2.24) is 5.32 Å². The lowest BCUT2D eigenvalue weighted by Gasteiger charge is -2.24. The molecule has 0 fully saturated rings. The largest absolute Gasteiger partial charge is 0.361 e. The molecule has 4 nitrogen and oxygen atoms in total. The summed E-state index contributed by atoms with van der Waals surface area (Å²) in [5.74, 6) is -0.0704. The van der Waals surface area contributed by atoms with Crippen molar-refractivity contribution >= 4 is 29.5 Å². The number of halogens is 1. The van der Waals surface area contributed by atoms with Crippen molar-refractivity contribution in [2.45, 2.75) is 13.3 Å². The Morgan fingerprint density at radius 1 is 1.50 bits per heavy atom. The molecule has 1 rings (SSSR count). The van der Waals surface area contributed by atoms with Gasteiger partial charge >= 0.3 is 0 Å². The van der Waals surface area contributed by atoms with Gasteiger partial charge in [-0.05, 0) is 24.6 Å². The number of likely N-dealkylation sites (N-methyl/N-ethyl adjacent to an activating group) is 1. The van der Waals surface area contributed by atoms with E-state index < -0.39 is 0 Å². The van der Waals surface area contributed by atoms with E-state index in [-0.39, 0.29) is 12.5 Å². The zero-order chi connectivity index (χ0) is 13.5. The Labute approximate surface area is 112 Å². The quantitative estimate of drug-likeness (QED) is 0.804. The number of carbonyl (C=O) groups is 2. The predicted molar refractivity (Wildman–Crippen MR) is 73.4 cm³/mol. The maximum Gasteiger partial charge on any atom is 0.239 e. The van der Waals surface area contributed by atoms with Gasteiger partial charge in [0, 0.05) is 19.2 Å². The van der Waals surface area contributed by atoms with E-state index in [1.807, 2.05) is 11.8 Å². The molecule has 1 aromatic rings. The van der Waals surface area contributed by atoms with E-state index in [2.05, 4.69) is 5.32 Å². The average molecular weight is 269 g/mol. The molecule has 0 bridgehead atoms. The fourth-order valence-corrected chi connectivity index (χ4v) is 1.97. The average Bonchev–Trinajstić information content (AvgIpc) is 2.38. The molecule has 1 N–H and O–H groups in total. The molecule has 18 heavy (non-hydrogen) atoms. The molecule has 5 heteroatoms. The lowest BCUT2D eigenvalue weighted by atomic mass is 10.2. The Kier molecular flexibility index (Phi) is 5.65. The van der Waals surface area contributed by atoms with Crippen LogP contribution in [0.1, 0.15) is 23.7 Å². The number of hydrogen-bond acceptors (Lipinski definition) is 3. The van der Waals surface area contributed by atoms with Crippen LogP contribution in [0.4, 0.5) is 5.69 Å². The summed E-state index contributed by atoms with van der Waals surface area (Å²) >= 11 is 6.13. The van der Waals surface area contributed by atoms with Crippen LogP contribution in [-0.4, -0.2) is 32.3 Å². The van der Waals surface area contributed by atoms with Crippen molar-refractivity contribution in [1.29, 1.82) is 0 Å². The lowest BCUT2D eigenvalue weighted by Crippen LogP contribution is -2.36. The number of amides is 1. The van der Waals surface area contributed by atoms with Crippen LogP contribution >= 0.6 is 11.6 Å². The summed E-state index contributed by atoms with van der Waals surface area (Å²) in [7, 11) is 1.60. The monoisotopic (exact) mass is 268 g/mol. The van der Waals surface area contributed by atoms with E-state index in [4.69, 9.17) is 11.6 Å². The lowest BCUT2D eigenvalue weighted by molar-refractivity contribution is -0.119. The Hall–Kier alpha value is -1.55. The third-order valence-corrected chi connectivity index (χ3v) is 2.86. The molecule has 0 atom stereocenters. The van der Waals surface area contributed by atoms with E-state index in [0.717, 1.165) is 24.9 Å². The SMILES string of the molecule is CCCN(CC(=O)NC)c1ccc(C=O)cc1Cl. The fraction of sp³-hybridized carbons (Fsp3) is 0.385. The molecular formula is C13H17ClN2O2. The second-order valence-corrected chi connectivity index (χ2v) is 4.33. The van der Waals surface area contributed by atoms with Gasteiger partial charge < -0.3 is 10.2 Å². The molecule has 98 valence electrons. The minimum atomic E-state index is -0.0704. The topological polar surface area (TPSA) is 49.4 Å². The molecule has 0 saturated heterocycles. The van der Waals surface area contributed by atoms with Crippen LogP contribution in [0.2, 0.25) is 5.02 Å². The van der Waals surface area contributed by atoms with Crippen molar-refractivity contribution in [2.75, 3.05) is 25.0 Å². The van der Waals surface area contributed by atoms with E-state index in [9.17, 15) is 9.59 Å². The standard InChI is InChI=1S/C13H17ClN2O2/c1-3-6-16(8-13(18)15-2)12-5-4-10(9-17)7-11(12)14/h4-5,7,9H,3,6,8H2,1-2H3,(H,15,18). The number of hydrogen-bond donors (Lipinski definition) is 1. The fourth-order valence-electron chi connectivity index (χ4n) is 1.66. The van der Waals surface area contributed by atoms with Gasteiger partial charge in [0.1, 0.15) is 6.29 Å². The Balaban J connectivity index is 2.97. The zero-order valence-electron chi connectivity index (χ0n) is 10.6. The maximum absolute atomic E-state index is 11.5. The van der Waals surface area contributed by atoms with Crippen molar-refractivity contribution in [3.8, 4) is 0 Å². The van der Waals surface area contributed by atoms with Crippen LogP contribution < -0.4 is 10.2 Å². The van der Waals surface area contributed by atoms with Crippen LogP contribution in [-0.2, 0) is 4.79 Å². The van der Waals surface area contributed by atoms with E-state index in [0.29, 0.717) is 10.6 Å². The van der Waals surface area contributed by atoms with Crippen molar-refractivity contribution < 1.29 is 9.59 Å². The number of aldehydes is 1. The third kappa shape index (κ3) is 3.74. The van der Waals surface area contributed by atoms with Gasteiger partial charge in [0.2, 0.25) is 5.91 Å². The first-order valence-electron chi connectivity index (χ1n) is 5.82. The van der Waals surface area contributed by atoms with Gasteiger partial charge in [-0.3, -0.25) is 9.59 Å². The highest BCUT2D eigenvalue weighted by atomic mass is 35.5. The number of nitrogens with one attached hydrogen (secondary N) is 1. The third-order valence-electron chi connectivity index (χ3n) is 2.56. The summed E-state index contributed by atoms with van der Waals surface area (Å²) in [5, 5.41) is 3.07. The molecule has 0 saturated carbocycles. The summed E-state index contributed by atoms with van der Waals surface area (Å²) in [5.41, 5.74) is 1.30. The Bertz CT molecular complexity index is 435. The smallest absolute Gasteiger partial charge is 0.239 e. The van der Waals surface area contributed by atoms with Gasteiger partial charge in [-0.25, -0.2) is 0 Å².